The quantitative estimate of drug-likeness (QED) is 0.385. The van der Waals surface area contributed by atoms with Crippen LogP contribution in [0.1, 0.15) is 23.4 Å². The number of allylic oxidation sites excluding steroid dienone is 1. The molecular weight excluding hydrogens is 284 g/mol. The number of unbranched alkanes of at least 4 members (excludes halogenated alkanes) is 1. The van der Waals surface area contributed by atoms with Crippen LogP contribution >= 0.6 is 0 Å². The van der Waals surface area contributed by atoms with Crippen molar-refractivity contribution in [3.63, 3.8) is 0 Å². The van der Waals surface area contributed by atoms with Crippen LogP contribution < -0.4 is 4.74 Å². The summed E-state index contributed by atoms with van der Waals surface area (Å²) in [7, 11) is 1.31. The zero-order valence-electron chi connectivity index (χ0n) is 12.3. The molecule has 0 aliphatic heterocycles. The minimum absolute atomic E-state index is 0.0983. The van der Waals surface area contributed by atoms with E-state index in [0.29, 0.717) is 23.2 Å². The highest BCUT2D eigenvalue weighted by molar-refractivity contribution is 6.15. The molecular formula is C17H16O5. The predicted molar refractivity (Wildman–Crippen MR) is 82.3 cm³/mol. The summed E-state index contributed by atoms with van der Waals surface area (Å²) >= 11 is 0. The molecule has 0 N–H and O–H groups in total. The molecule has 22 heavy (non-hydrogen) atoms. The van der Waals surface area contributed by atoms with Crippen LogP contribution in [-0.2, 0) is 4.74 Å². The van der Waals surface area contributed by atoms with Crippen molar-refractivity contribution in [3.8, 4) is 5.95 Å². The minimum atomic E-state index is -0.558. The second-order valence-electron chi connectivity index (χ2n) is 4.79. The summed E-state index contributed by atoms with van der Waals surface area (Å²) in [4.78, 5) is 11.9. The third kappa shape index (κ3) is 2.35. The fraction of sp³-hybridized carbons (Fsp3) is 0.235. The molecule has 1 aromatic carbocycles. The monoisotopic (exact) mass is 300 g/mol. The zero-order valence-corrected chi connectivity index (χ0v) is 12.3. The number of hydrogen-bond donors (Lipinski definition) is 0. The first-order valence-corrected chi connectivity index (χ1v) is 7.02. The summed E-state index contributed by atoms with van der Waals surface area (Å²) in [5.74, 6) is -0.255. The van der Waals surface area contributed by atoms with Gasteiger partial charge in [0.25, 0.3) is 0 Å². The Morgan fingerprint density at radius 3 is 2.91 bits per heavy atom. The number of furan rings is 2. The van der Waals surface area contributed by atoms with Gasteiger partial charge in [0, 0.05) is 5.39 Å². The zero-order chi connectivity index (χ0) is 15.5. The van der Waals surface area contributed by atoms with Crippen molar-refractivity contribution < 1.29 is 23.1 Å². The summed E-state index contributed by atoms with van der Waals surface area (Å²) in [5, 5.41) is 1.38. The molecule has 0 aliphatic rings. The first-order valence-electron chi connectivity index (χ1n) is 7.02. The fourth-order valence-corrected chi connectivity index (χ4v) is 2.33. The van der Waals surface area contributed by atoms with Crippen molar-refractivity contribution in [2.24, 2.45) is 0 Å². The molecule has 2 heterocycles. The molecule has 0 radical (unpaired) electrons. The van der Waals surface area contributed by atoms with Crippen molar-refractivity contribution in [2.75, 3.05) is 13.7 Å². The normalized spacial score (nSPS) is 11.0. The summed E-state index contributed by atoms with van der Waals surface area (Å²) in [6.45, 7) is 4.11. The van der Waals surface area contributed by atoms with Crippen LogP contribution in [0.25, 0.3) is 21.9 Å². The van der Waals surface area contributed by atoms with E-state index in [2.05, 4.69) is 6.58 Å². The lowest BCUT2D eigenvalue weighted by atomic mass is 10.2. The number of benzene rings is 1. The van der Waals surface area contributed by atoms with Gasteiger partial charge in [-0.3, -0.25) is 0 Å². The molecule has 0 amide bonds. The number of fused-ring (bicyclic) bond motifs is 3. The van der Waals surface area contributed by atoms with Crippen molar-refractivity contribution in [1.82, 2.24) is 0 Å². The molecule has 5 nitrogen and oxygen atoms in total. The second kappa shape index (κ2) is 5.97. The topological polar surface area (TPSA) is 61.8 Å². The van der Waals surface area contributed by atoms with Gasteiger partial charge in [0.1, 0.15) is 5.58 Å². The molecule has 0 spiro atoms. The Kier molecular flexibility index (Phi) is 3.87. The fourth-order valence-electron chi connectivity index (χ4n) is 2.33. The Morgan fingerprint density at radius 1 is 1.32 bits per heavy atom. The highest BCUT2D eigenvalue weighted by Gasteiger charge is 2.26. The van der Waals surface area contributed by atoms with Crippen molar-refractivity contribution in [3.05, 3.63) is 42.7 Å². The molecule has 0 saturated heterocycles. The number of para-hydroxylation sites is 1. The second-order valence-corrected chi connectivity index (χ2v) is 4.79. The molecule has 2 aromatic heterocycles. The van der Waals surface area contributed by atoms with Crippen LogP contribution in [0.3, 0.4) is 0 Å². The lowest BCUT2D eigenvalue weighted by Gasteiger charge is -2.00. The number of methoxy groups -OCH3 is 1. The lowest BCUT2D eigenvalue weighted by molar-refractivity contribution is 0.0559. The van der Waals surface area contributed by atoms with E-state index in [1.807, 2.05) is 30.3 Å². The van der Waals surface area contributed by atoms with Gasteiger partial charge >= 0.3 is 11.9 Å². The molecule has 0 fully saturated rings. The standard InChI is InChI=1S/C17H16O5/c1-3-4-7-10-20-17-15-13(14(22-17)16(18)19-2)11-8-5-6-9-12(11)21-15/h3,5-6,8-9H,1,4,7,10H2,2H3. The minimum Gasteiger partial charge on any atom is -0.463 e. The molecule has 0 unspecified atom stereocenters. The van der Waals surface area contributed by atoms with E-state index >= 15 is 0 Å². The maximum Gasteiger partial charge on any atom is 0.374 e. The lowest BCUT2D eigenvalue weighted by Crippen LogP contribution is -1.99. The van der Waals surface area contributed by atoms with Crippen LogP contribution in [-0.4, -0.2) is 19.7 Å². The van der Waals surface area contributed by atoms with Crippen molar-refractivity contribution in [2.45, 2.75) is 12.8 Å². The third-order valence-corrected chi connectivity index (χ3v) is 3.36. The van der Waals surface area contributed by atoms with E-state index in [1.54, 1.807) is 0 Å². The van der Waals surface area contributed by atoms with E-state index < -0.39 is 5.97 Å². The SMILES string of the molecule is C=CCCCOc1oc(C(=O)OC)c2c1oc1ccccc12. The maximum absolute atomic E-state index is 11.9. The van der Waals surface area contributed by atoms with Crippen LogP contribution in [0.5, 0.6) is 5.95 Å². The summed E-state index contributed by atoms with van der Waals surface area (Å²) < 4.78 is 21.7. The molecule has 3 rings (SSSR count). The average Bonchev–Trinajstić information content (AvgIpc) is 3.08. The van der Waals surface area contributed by atoms with E-state index in [-0.39, 0.29) is 11.7 Å². The highest BCUT2D eigenvalue weighted by atomic mass is 16.6. The molecule has 0 atom stereocenters. The van der Waals surface area contributed by atoms with Crippen LogP contribution in [0.4, 0.5) is 0 Å². The molecule has 3 aromatic rings. The van der Waals surface area contributed by atoms with Crippen molar-refractivity contribution >= 4 is 27.9 Å². The van der Waals surface area contributed by atoms with Crippen molar-refractivity contribution in [1.29, 1.82) is 0 Å². The van der Waals surface area contributed by atoms with Crippen LogP contribution in [0, 0.1) is 0 Å². The molecule has 114 valence electrons. The number of hydrogen-bond acceptors (Lipinski definition) is 5. The largest absolute Gasteiger partial charge is 0.463 e. The van der Waals surface area contributed by atoms with Gasteiger partial charge in [-0.25, -0.2) is 4.79 Å². The van der Waals surface area contributed by atoms with E-state index in [1.165, 1.54) is 7.11 Å². The van der Waals surface area contributed by atoms with Crippen LogP contribution in [0.15, 0.2) is 45.8 Å². The molecule has 0 aliphatic carbocycles. The summed E-state index contributed by atoms with van der Waals surface area (Å²) in [6.07, 6.45) is 3.47. The summed E-state index contributed by atoms with van der Waals surface area (Å²) in [6, 6.07) is 7.43. The van der Waals surface area contributed by atoms with Gasteiger partial charge in [-0.05, 0) is 18.9 Å². The Hall–Kier alpha value is -2.69. The third-order valence-electron chi connectivity index (χ3n) is 3.36. The van der Waals surface area contributed by atoms with Gasteiger partial charge in [-0.15, -0.1) is 6.58 Å². The first kappa shape index (κ1) is 14.3. The molecule has 5 heteroatoms. The van der Waals surface area contributed by atoms with Gasteiger partial charge in [0.05, 0.1) is 19.1 Å². The first-order chi connectivity index (χ1) is 10.8. The maximum atomic E-state index is 11.9. The predicted octanol–water partition coefficient (Wildman–Crippen LogP) is 4.31. The number of ether oxygens (including phenoxy) is 2. The Labute approximate surface area is 127 Å². The van der Waals surface area contributed by atoms with Gasteiger partial charge in [-0.2, -0.15) is 0 Å². The smallest absolute Gasteiger partial charge is 0.374 e. The number of rotatable bonds is 6. The average molecular weight is 300 g/mol. The molecule has 0 saturated carbocycles. The van der Waals surface area contributed by atoms with Gasteiger partial charge < -0.3 is 18.3 Å². The highest BCUT2D eigenvalue weighted by Crippen LogP contribution is 2.40. The number of carbonyl (C=O) groups excluding carboxylic acids is 1. The van der Waals surface area contributed by atoms with Gasteiger partial charge in [0.15, 0.2) is 0 Å². The molecule has 0 bridgehead atoms. The van der Waals surface area contributed by atoms with Crippen LogP contribution in [0.2, 0.25) is 0 Å². The van der Waals surface area contributed by atoms with E-state index in [4.69, 9.17) is 18.3 Å². The van der Waals surface area contributed by atoms with Gasteiger partial charge in [0.2, 0.25) is 11.3 Å². The Bertz CT molecular complexity index is 824. The number of carbonyl (C=O) groups is 1. The Balaban J connectivity index is 2.08. The van der Waals surface area contributed by atoms with E-state index in [9.17, 15) is 4.79 Å². The number of esters is 1. The Morgan fingerprint density at radius 2 is 2.14 bits per heavy atom. The summed E-state index contributed by atoms with van der Waals surface area (Å²) in [5.41, 5.74) is 1.10. The van der Waals surface area contributed by atoms with E-state index in [0.717, 1.165) is 18.2 Å². The van der Waals surface area contributed by atoms with Gasteiger partial charge in [-0.1, -0.05) is 24.3 Å².